The summed E-state index contributed by atoms with van der Waals surface area (Å²) < 4.78 is 50.9. The Morgan fingerprint density at radius 2 is 0.714 bits per heavy atom. The van der Waals surface area contributed by atoms with Gasteiger partial charge in [0, 0.05) is 11.1 Å². The number of hydrogen-bond donors (Lipinski definition) is 6. The molecule has 0 saturated heterocycles. The normalized spacial score (nSPS) is 11.6. The Labute approximate surface area is 450 Å². The van der Waals surface area contributed by atoms with Crippen LogP contribution in [0.25, 0.3) is 11.1 Å². The fourth-order valence-corrected chi connectivity index (χ4v) is 5.59. The summed E-state index contributed by atoms with van der Waals surface area (Å²) >= 11 is 0. The third kappa shape index (κ3) is 29.6. The summed E-state index contributed by atoms with van der Waals surface area (Å²) in [6, 6.07) is 11.7. The lowest BCUT2D eigenvalue weighted by Crippen LogP contribution is -2.47. The molecule has 0 heterocycles. The van der Waals surface area contributed by atoms with E-state index in [4.69, 9.17) is 42.6 Å². The number of ether oxygens (including phenoxy) is 9. The summed E-state index contributed by atoms with van der Waals surface area (Å²) in [6.45, 7) is 29.0. The lowest BCUT2D eigenvalue weighted by atomic mass is 10.0. The zero-order chi connectivity index (χ0) is 58.6. The number of rotatable bonds is 13. The van der Waals surface area contributed by atoms with Gasteiger partial charge < -0.3 is 42.6 Å². The molecule has 0 unspecified atom stereocenters. The molecule has 6 N–H and O–H groups in total. The summed E-state index contributed by atoms with van der Waals surface area (Å²) in [4.78, 5) is 89.5. The average molecular weight is 1080 g/mol. The number of hydrogen-bond acceptors (Lipinski definition) is 19. The van der Waals surface area contributed by atoms with Crippen molar-refractivity contribution in [3.63, 3.8) is 0 Å². The molecule has 0 aliphatic rings. The Hall–Kier alpha value is -8.04. The van der Waals surface area contributed by atoms with Crippen LogP contribution >= 0.6 is 0 Å². The second kappa shape index (κ2) is 28.2. The number of benzene rings is 2. The minimum atomic E-state index is -0.909. The first-order valence-corrected chi connectivity index (χ1v) is 24.5. The van der Waals surface area contributed by atoms with E-state index in [2.05, 4.69) is 52.9 Å². The lowest BCUT2D eigenvalue weighted by molar-refractivity contribution is 0.0521. The maximum Gasteiger partial charge on any atom is 0.414 e. The molecule has 6 amide bonds. The molecule has 2 rings (SSSR count). The molecule has 0 radical (unpaired) electrons. The van der Waals surface area contributed by atoms with Crippen molar-refractivity contribution in [2.75, 3.05) is 39.5 Å². The van der Waals surface area contributed by atoms with Crippen molar-refractivity contribution in [1.29, 1.82) is 5.26 Å². The van der Waals surface area contributed by atoms with Crippen LogP contribution in [0.15, 0.2) is 51.4 Å². The maximum atomic E-state index is 12.8. The lowest BCUT2D eigenvalue weighted by Gasteiger charge is -2.22. The van der Waals surface area contributed by atoms with Crippen molar-refractivity contribution in [3.05, 3.63) is 42.0 Å². The number of carbonyl (C=O) groups excluding carboxylic acids is 6. The van der Waals surface area contributed by atoms with Gasteiger partial charge in [0.1, 0.15) is 59.2 Å². The van der Waals surface area contributed by atoms with Crippen LogP contribution in [0, 0.1) is 11.3 Å². The number of carbonyl (C=O) groups is 6. The number of nitriles is 1. The SMILES string of the molecule is CC(C)(C)OC(=O)NC(=NCCOc1ccc(C#N)cc1-c1cccc(OCCN=C(NC(=O)OC(C)(C)C)NC(=O)OC(C)(C)C)c1OCCN=C(NC(=O)OC(C)(C)C)NC(=O)OC(C)(C)C)NC(=O)OC(C)(C)C. The number of nitrogens with one attached hydrogen (secondary N) is 6. The number of aliphatic imine (C=N–C) groups is 3. The highest BCUT2D eigenvalue weighted by atomic mass is 16.6. The second-order valence-electron chi connectivity index (χ2n) is 22.5. The molecule has 0 atom stereocenters. The van der Waals surface area contributed by atoms with Gasteiger partial charge >= 0.3 is 36.6 Å². The van der Waals surface area contributed by atoms with Gasteiger partial charge in [0.25, 0.3) is 0 Å². The van der Waals surface area contributed by atoms with Crippen LogP contribution in [0.1, 0.15) is 130 Å². The predicted molar refractivity (Wildman–Crippen MR) is 286 cm³/mol. The zero-order valence-electron chi connectivity index (χ0n) is 47.6. The zero-order valence-corrected chi connectivity index (χ0v) is 47.6. The fourth-order valence-electron chi connectivity index (χ4n) is 5.59. The Balaban J connectivity index is 2.68. The fraction of sp³-hybridized carbons (Fsp3) is 0.577. The van der Waals surface area contributed by atoms with Crippen molar-refractivity contribution >= 4 is 54.4 Å². The summed E-state index contributed by atoms with van der Waals surface area (Å²) in [5.74, 6) is -0.377. The van der Waals surface area contributed by atoms with Crippen LogP contribution in [-0.4, -0.2) is 127 Å². The van der Waals surface area contributed by atoms with Gasteiger partial charge in [-0.25, -0.2) is 43.7 Å². The van der Waals surface area contributed by atoms with Crippen molar-refractivity contribution < 1.29 is 71.4 Å². The highest BCUT2D eigenvalue weighted by Crippen LogP contribution is 2.42. The minimum Gasteiger partial charge on any atom is -0.491 e. The van der Waals surface area contributed by atoms with E-state index in [1.807, 2.05) is 0 Å². The van der Waals surface area contributed by atoms with Crippen molar-refractivity contribution in [3.8, 4) is 34.4 Å². The second-order valence-corrected chi connectivity index (χ2v) is 22.5. The molecular weight excluding hydrogens is 1000 g/mol. The third-order valence-corrected chi connectivity index (χ3v) is 7.94. The molecule has 2 aromatic rings. The Morgan fingerprint density at radius 3 is 1.01 bits per heavy atom. The van der Waals surface area contributed by atoms with Gasteiger partial charge in [-0.2, -0.15) is 5.26 Å². The van der Waals surface area contributed by atoms with Gasteiger partial charge in [0.15, 0.2) is 11.5 Å². The summed E-state index contributed by atoms with van der Waals surface area (Å²) in [6.07, 6.45) is -5.39. The quantitative estimate of drug-likeness (QED) is 0.0473. The summed E-state index contributed by atoms with van der Waals surface area (Å²) in [5.41, 5.74) is -4.33. The van der Waals surface area contributed by atoms with E-state index in [9.17, 15) is 34.0 Å². The molecule has 77 heavy (non-hydrogen) atoms. The van der Waals surface area contributed by atoms with E-state index in [1.165, 1.54) is 6.07 Å². The van der Waals surface area contributed by atoms with E-state index in [0.29, 0.717) is 11.1 Å². The summed E-state index contributed by atoms with van der Waals surface area (Å²) in [5, 5.41) is 24.5. The first kappa shape index (κ1) is 65.1. The van der Waals surface area contributed by atoms with Crippen LogP contribution in [0.4, 0.5) is 28.8 Å². The molecule has 426 valence electrons. The number of amides is 6. The molecule has 0 aromatic heterocycles. The standard InChI is InChI=1S/C52H78N10O15/c1-47(2,3)72-41(63)57-38(58-42(64)73-48(4,5)6)54-24-27-69-35-23-22-32(31-53)30-34(35)33-20-19-21-36(70-28-25-55-39(59-43(65)74-49(7,8)9)60-44(66)75-50(10,11)12)37(33)71-29-26-56-40(61-45(67)76-51(13,14)15)62-46(68)77-52(16,17)18/h19-23,30H,24-29H2,1-18H3,(H2,54,57,58,63,64)(H2,55,59,60,65,66)(H2,56,61,62,67,68). The Morgan fingerprint density at radius 1 is 0.416 bits per heavy atom. The molecular formula is C52H78N10O15. The van der Waals surface area contributed by atoms with E-state index < -0.39 is 70.2 Å². The van der Waals surface area contributed by atoms with Crippen LogP contribution in [-0.2, 0) is 28.4 Å². The van der Waals surface area contributed by atoms with Crippen LogP contribution in [0.3, 0.4) is 0 Å². The molecule has 0 fully saturated rings. The van der Waals surface area contributed by atoms with E-state index >= 15 is 0 Å². The Kier molecular flexibility index (Phi) is 23.8. The minimum absolute atomic E-state index is 0.107. The highest BCUT2D eigenvalue weighted by Gasteiger charge is 2.26. The number of alkyl carbamates (subject to hydrolysis) is 6. The molecule has 0 bridgehead atoms. The molecule has 0 spiro atoms. The molecule has 2 aromatic carbocycles. The monoisotopic (exact) mass is 1080 g/mol. The topological polar surface area (TPSA) is 319 Å². The van der Waals surface area contributed by atoms with Gasteiger partial charge in [-0.15, -0.1) is 0 Å². The van der Waals surface area contributed by atoms with Gasteiger partial charge in [-0.05, 0) is 149 Å². The van der Waals surface area contributed by atoms with Crippen molar-refractivity contribution in [2.45, 2.75) is 158 Å². The van der Waals surface area contributed by atoms with E-state index in [1.54, 1.807) is 155 Å². The first-order valence-electron chi connectivity index (χ1n) is 24.5. The molecule has 0 aliphatic heterocycles. The highest BCUT2D eigenvalue weighted by molar-refractivity contribution is 6.03. The smallest absolute Gasteiger partial charge is 0.414 e. The van der Waals surface area contributed by atoms with Crippen molar-refractivity contribution in [1.82, 2.24) is 31.9 Å². The van der Waals surface area contributed by atoms with E-state index in [0.717, 1.165) is 0 Å². The third-order valence-electron chi connectivity index (χ3n) is 7.94. The number of guanidine groups is 3. The molecule has 0 aliphatic carbocycles. The molecule has 0 saturated carbocycles. The average Bonchev–Trinajstić information content (AvgIpc) is 3.21. The number of nitrogens with zero attached hydrogens (tertiary/aromatic N) is 4. The first-order chi connectivity index (χ1) is 35.3. The van der Waals surface area contributed by atoms with Crippen LogP contribution in [0.5, 0.6) is 17.2 Å². The summed E-state index contributed by atoms with van der Waals surface area (Å²) in [7, 11) is 0. The predicted octanol–water partition coefficient (Wildman–Crippen LogP) is 8.58. The van der Waals surface area contributed by atoms with Gasteiger partial charge in [-0.3, -0.25) is 31.9 Å². The van der Waals surface area contributed by atoms with Crippen LogP contribution < -0.4 is 46.1 Å². The van der Waals surface area contributed by atoms with Gasteiger partial charge in [-0.1, -0.05) is 12.1 Å². The number of para-hydroxylation sites is 1. The van der Waals surface area contributed by atoms with Crippen LogP contribution in [0.2, 0.25) is 0 Å². The maximum absolute atomic E-state index is 12.8. The van der Waals surface area contributed by atoms with Gasteiger partial charge in [0.2, 0.25) is 17.9 Å². The molecule has 25 heteroatoms. The largest absolute Gasteiger partial charge is 0.491 e. The molecule has 25 nitrogen and oxygen atoms in total. The van der Waals surface area contributed by atoms with E-state index in [-0.39, 0.29) is 80.1 Å². The Bertz CT molecular complexity index is 2420. The van der Waals surface area contributed by atoms with Crippen molar-refractivity contribution in [2.24, 2.45) is 15.0 Å². The van der Waals surface area contributed by atoms with Gasteiger partial charge in [0.05, 0.1) is 31.3 Å².